The lowest BCUT2D eigenvalue weighted by molar-refractivity contribution is 0.0845. The van der Waals surface area contributed by atoms with Crippen LogP contribution in [-0.2, 0) is 0 Å². The van der Waals surface area contributed by atoms with Crippen molar-refractivity contribution in [2.45, 2.75) is 12.5 Å². The average Bonchev–Trinajstić information content (AvgIpc) is 2.96. The highest BCUT2D eigenvalue weighted by atomic mass is 16.5. The van der Waals surface area contributed by atoms with Gasteiger partial charge in [-0.05, 0) is 35.9 Å². The van der Waals surface area contributed by atoms with E-state index in [-0.39, 0.29) is 68.6 Å². The summed E-state index contributed by atoms with van der Waals surface area (Å²) in [6.07, 6.45) is -0.757. The second-order valence-electron chi connectivity index (χ2n) is 9.73. The smallest absolute Gasteiger partial charge is 0.197 e. The number of hydrogen-bond donors (Lipinski definition) is 4. The number of Topliss-reactive ketones (excluding diaryl/α,β-unsaturated/α-hetero) is 1. The van der Waals surface area contributed by atoms with Crippen LogP contribution in [0.3, 0.4) is 0 Å². The van der Waals surface area contributed by atoms with E-state index < -0.39 is 23.1 Å². The Bertz CT molecular complexity index is 1940. The molecule has 4 aromatic carbocycles. The van der Waals surface area contributed by atoms with Crippen LogP contribution in [0.5, 0.6) is 40.2 Å². The zero-order chi connectivity index (χ0) is 29.7. The molecule has 0 aliphatic carbocycles. The molecule has 212 valence electrons. The number of aromatic hydroxyl groups is 4. The summed E-state index contributed by atoms with van der Waals surface area (Å²) in [5.41, 5.74) is 0.689. The van der Waals surface area contributed by atoms with Crippen LogP contribution in [0, 0.1) is 0 Å². The average molecular weight is 569 g/mol. The third-order valence-electron chi connectivity index (χ3n) is 7.20. The Labute approximate surface area is 238 Å². The number of phenolic OH excluding ortho intramolecular Hbond substituents is 4. The molecule has 1 aliphatic heterocycles. The van der Waals surface area contributed by atoms with E-state index in [2.05, 4.69) is 0 Å². The second-order valence-corrected chi connectivity index (χ2v) is 9.73. The molecule has 0 radical (unpaired) electrons. The molecular formula is C32H24O10. The van der Waals surface area contributed by atoms with Crippen molar-refractivity contribution in [2.24, 2.45) is 0 Å². The van der Waals surface area contributed by atoms with Gasteiger partial charge in [-0.25, -0.2) is 0 Å². The van der Waals surface area contributed by atoms with Crippen LogP contribution >= 0.6 is 0 Å². The maximum absolute atomic E-state index is 13.3. The van der Waals surface area contributed by atoms with Crippen molar-refractivity contribution in [1.29, 1.82) is 0 Å². The molecular weight excluding hydrogens is 544 g/mol. The molecule has 6 rings (SSSR count). The summed E-state index contributed by atoms with van der Waals surface area (Å²) in [4.78, 5) is 26.1. The van der Waals surface area contributed by atoms with Gasteiger partial charge in [-0.1, -0.05) is 12.1 Å². The number of benzene rings is 4. The van der Waals surface area contributed by atoms with Gasteiger partial charge in [0.25, 0.3) is 0 Å². The van der Waals surface area contributed by atoms with E-state index in [4.69, 9.17) is 18.6 Å². The van der Waals surface area contributed by atoms with Crippen LogP contribution in [0.4, 0.5) is 0 Å². The third kappa shape index (κ3) is 4.39. The molecule has 10 nitrogen and oxygen atoms in total. The monoisotopic (exact) mass is 568 g/mol. The number of carbonyl (C=O) groups excluding carboxylic acids is 1. The summed E-state index contributed by atoms with van der Waals surface area (Å²) in [5.74, 6) is -0.805. The largest absolute Gasteiger partial charge is 0.508 e. The summed E-state index contributed by atoms with van der Waals surface area (Å²) < 4.78 is 22.6. The Kier molecular flexibility index (Phi) is 6.38. The maximum atomic E-state index is 13.3. The Morgan fingerprint density at radius 3 is 2.29 bits per heavy atom. The second kappa shape index (κ2) is 10.1. The van der Waals surface area contributed by atoms with Gasteiger partial charge in [-0.15, -0.1) is 0 Å². The standard InChI is InChI=1S/C32H24O10/c1-39-18-10-20(34)30-22(36)12-26(42-27(30)11-18)16-5-8-24(40-2)19(9-16)29-21(35)14-28-31(32(29)38)23(37)13-25(41-28)15-3-6-17(33)7-4-15/h3-12,14,25,33-35,38H,13H2,1-2H3/t25-/m1/s1. The minimum absolute atomic E-state index is 0.00692. The molecule has 0 unspecified atom stereocenters. The van der Waals surface area contributed by atoms with Crippen LogP contribution < -0.4 is 19.6 Å². The van der Waals surface area contributed by atoms with Gasteiger partial charge >= 0.3 is 0 Å². The normalized spacial score (nSPS) is 14.3. The van der Waals surface area contributed by atoms with E-state index in [0.29, 0.717) is 16.9 Å². The van der Waals surface area contributed by atoms with Crippen molar-refractivity contribution in [3.63, 3.8) is 0 Å². The number of ketones is 1. The van der Waals surface area contributed by atoms with E-state index in [1.807, 2.05) is 0 Å². The van der Waals surface area contributed by atoms with E-state index in [1.54, 1.807) is 24.3 Å². The van der Waals surface area contributed by atoms with Crippen molar-refractivity contribution in [3.8, 4) is 62.7 Å². The van der Waals surface area contributed by atoms with Crippen molar-refractivity contribution in [3.05, 3.63) is 88.1 Å². The van der Waals surface area contributed by atoms with E-state index in [0.717, 1.165) is 0 Å². The summed E-state index contributed by atoms with van der Waals surface area (Å²) in [7, 11) is 2.83. The molecule has 0 saturated heterocycles. The maximum Gasteiger partial charge on any atom is 0.197 e. The molecule has 1 aliphatic rings. The number of hydrogen-bond acceptors (Lipinski definition) is 10. The predicted molar refractivity (Wildman–Crippen MR) is 152 cm³/mol. The zero-order valence-corrected chi connectivity index (χ0v) is 22.4. The molecule has 2 heterocycles. The minimum Gasteiger partial charge on any atom is -0.508 e. The highest BCUT2D eigenvalue weighted by Gasteiger charge is 2.34. The van der Waals surface area contributed by atoms with Gasteiger partial charge in [0, 0.05) is 35.4 Å². The molecule has 0 amide bonds. The quantitative estimate of drug-likeness (QED) is 0.208. The van der Waals surface area contributed by atoms with Crippen LogP contribution in [-0.4, -0.2) is 40.4 Å². The molecule has 1 aromatic heterocycles. The highest BCUT2D eigenvalue weighted by molar-refractivity contribution is 6.06. The fraction of sp³-hybridized carbons (Fsp3) is 0.125. The Morgan fingerprint density at radius 1 is 0.810 bits per heavy atom. The molecule has 0 fully saturated rings. The van der Waals surface area contributed by atoms with Crippen LogP contribution in [0.1, 0.15) is 28.4 Å². The first kappa shape index (κ1) is 26.6. The summed E-state index contributed by atoms with van der Waals surface area (Å²) >= 11 is 0. The van der Waals surface area contributed by atoms with E-state index in [1.165, 1.54) is 56.7 Å². The first-order valence-corrected chi connectivity index (χ1v) is 12.8. The van der Waals surface area contributed by atoms with Gasteiger partial charge in [0.1, 0.15) is 68.6 Å². The fourth-order valence-electron chi connectivity index (χ4n) is 5.16. The Morgan fingerprint density at radius 2 is 1.57 bits per heavy atom. The molecule has 5 aromatic rings. The zero-order valence-electron chi connectivity index (χ0n) is 22.4. The van der Waals surface area contributed by atoms with Crippen molar-refractivity contribution in [2.75, 3.05) is 14.2 Å². The topological polar surface area (TPSA) is 156 Å². The SMILES string of the molecule is COc1cc(O)c2c(=O)cc(-c3ccc(OC)c(-c4c(O)cc5c(c4O)C(=O)C[C@H](c4ccc(O)cc4)O5)c3)oc2c1. The highest BCUT2D eigenvalue weighted by Crippen LogP contribution is 2.51. The lowest BCUT2D eigenvalue weighted by atomic mass is 9.91. The Hall–Kier alpha value is -5.64. The fourth-order valence-corrected chi connectivity index (χ4v) is 5.16. The lowest BCUT2D eigenvalue weighted by Crippen LogP contribution is -2.20. The van der Waals surface area contributed by atoms with Crippen molar-refractivity contribution >= 4 is 16.8 Å². The molecule has 1 atom stereocenters. The van der Waals surface area contributed by atoms with Crippen molar-refractivity contribution in [1.82, 2.24) is 0 Å². The van der Waals surface area contributed by atoms with E-state index >= 15 is 0 Å². The molecule has 4 N–H and O–H groups in total. The molecule has 0 saturated carbocycles. The van der Waals surface area contributed by atoms with Gasteiger partial charge in [-0.3, -0.25) is 9.59 Å². The first-order chi connectivity index (χ1) is 20.2. The number of rotatable bonds is 5. The third-order valence-corrected chi connectivity index (χ3v) is 7.20. The lowest BCUT2D eigenvalue weighted by Gasteiger charge is -2.27. The van der Waals surface area contributed by atoms with Gasteiger partial charge in [0.2, 0.25) is 0 Å². The van der Waals surface area contributed by atoms with Gasteiger partial charge < -0.3 is 39.1 Å². The number of carbonyl (C=O) groups is 1. The van der Waals surface area contributed by atoms with Gasteiger partial charge in [0.05, 0.1) is 26.2 Å². The van der Waals surface area contributed by atoms with Gasteiger partial charge in [0.15, 0.2) is 11.2 Å². The van der Waals surface area contributed by atoms with Crippen LogP contribution in [0.25, 0.3) is 33.4 Å². The molecule has 0 spiro atoms. The number of ether oxygens (including phenoxy) is 3. The summed E-state index contributed by atoms with van der Waals surface area (Å²) in [6.45, 7) is 0. The van der Waals surface area contributed by atoms with E-state index in [9.17, 15) is 30.0 Å². The number of fused-ring (bicyclic) bond motifs is 2. The van der Waals surface area contributed by atoms with Crippen molar-refractivity contribution < 1.29 is 43.8 Å². The number of methoxy groups -OCH3 is 2. The van der Waals surface area contributed by atoms with Gasteiger partial charge in [-0.2, -0.15) is 0 Å². The summed E-state index contributed by atoms with van der Waals surface area (Å²) in [6, 6.07) is 16.2. The molecule has 10 heteroatoms. The first-order valence-electron chi connectivity index (χ1n) is 12.8. The van der Waals surface area contributed by atoms with Crippen LogP contribution in [0.15, 0.2) is 75.9 Å². The Balaban J connectivity index is 1.47. The van der Waals surface area contributed by atoms with Crippen LogP contribution in [0.2, 0.25) is 0 Å². The number of phenols is 4. The minimum atomic E-state index is -0.679. The molecule has 0 bridgehead atoms. The predicted octanol–water partition coefficient (Wildman–Crippen LogP) is 5.67. The molecule has 42 heavy (non-hydrogen) atoms. The summed E-state index contributed by atoms with van der Waals surface area (Å²) in [5, 5.41) is 42.3.